The molecule has 0 bridgehead atoms. The standard InChI is InChI=1S/C11H18N2/c1-11(2)5-3-9(4-6-11)10-7-12-8-13-10/h7-9H,3-6H2,1-2H3,(H,12,13). The van der Waals surface area contributed by atoms with E-state index in [2.05, 4.69) is 23.8 Å². The monoisotopic (exact) mass is 178 g/mol. The Balaban J connectivity index is 1.99. The first-order valence-electron chi connectivity index (χ1n) is 5.16. The summed E-state index contributed by atoms with van der Waals surface area (Å²) in [7, 11) is 0. The molecule has 0 atom stereocenters. The van der Waals surface area contributed by atoms with Gasteiger partial charge < -0.3 is 4.98 Å². The molecule has 2 rings (SSSR count). The maximum atomic E-state index is 4.08. The molecule has 2 heteroatoms. The SMILES string of the molecule is CC1(C)CCC(c2cnc[nH]2)CC1. The molecule has 1 aromatic rings. The Morgan fingerprint density at radius 1 is 1.38 bits per heavy atom. The minimum atomic E-state index is 0.566. The Bertz CT molecular complexity index is 252. The van der Waals surface area contributed by atoms with Crippen LogP contribution < -0.4 is 0 Å². The number of hydrogen-bond donors (Lipinski definition) is 1. The maximum absolute atomic E-state index is 4.08. The number of H-pyrrole nitrogens is 1. The number of rotatable bonds is 1. The molecule has 1 aliphatic carbocycles. The van der Waals surface area contributed by atoms with Gasteiger partial charge in [-0.05, 0) is 31.1 Å². The molecular formula is C11H18N2. The smallest absolute Gasteiger partial charge is 0.0921 e. The zero-order valence-corrected chi connectivity index (χ0v) is 8.51. The van der Waals surface area contributed by atoms with E-state index in [1.165, 1.54) is 31.4 Å². The Hall–Kier alpha value is -0.790. The summed E-state index contributed by atoms with van der Waals surface area (Å²) in [5.74, 6) is 0.732. The molecule has 72 valence electrons. The average Bonchev–Trinajstić information content (AvgIpc) is 2.56. The lowest BCUT2D eigenvalue weighted by Crippen LogP contribution is -2.20. The summed E-state index contributed by atoms with van der Waals surface area (Å²) >= 11 is 0. The van der Waals surface area contributed by atoms with E-state index in [1.807, 2.05) is 6.20 Å². The van der Waals surface area contributed by atoms with Gasteiger partial charge in [0.2, 0.25) is 0 Å². The summed E-state index contributed by atoms with van der Waals surface area (Å²) < 4.78 is 0. The predicted molar refractivity (Wildman–Crippen MR) is 53.6 cm³/mol. The highest BCUT2D eigenvalue weighted by atomic mass is 14.9. The number of aromatic nitrogens is 2. The lowest BCUT2D eigenvalue weighted by atomic mass is 9.72. The predicted octanol–water partition coefficient (Wildman–Crippen LogP) is 3.09. The summed E-state index contributed by atoms with van der Waals surface area (Å²) in [5.41, 5.74) is 1.90. The Kier molecular flexibility index (Phi) is 2.14. The van der Waals surface area contributed by atoms with Gasteiger partial charge in [0.05, 0.1) is 6.33 Å². The molecule has 1 heterocycles. The fraction of sp³-hybridized carbons (Fsp3) is 0.727. The third-order valence-electron chi connectivity index (χ3n) is 3.30. The van der Waals surface area contributed by atoms with Crippen LogP contribution in [0.5, 0.6) is 0 Å². The molecule has 0 amide bonds. The van der Waals surface area contributed by atoms with Crippen molar-refractivity contribution in [1.82, 2.24) is 9.97 Å². The average molecular weight is 178 g/mol. The van der Waals surface area contributed by atoms with Crippen LogP contribution in [0.15, 0.2) is 12.5 Å². The van der Waals surface area contributed by atoms with Crippen LogP contribution in [0, 0.1) is 5.41 Å². The van der Waals surface area contributed by atoms with E-state index in [1.54, 1.807) is 6.33 Å². The molecule has 1 aromatic heterocycles. The van der Waals surface area contributed by atoms with Gasteiger partial charge in [-0.15, -0.1) is 0 Å². The number of nitrogens with one attached hydrogen (secondary N) is 1. The topological polar surface area (TPSA) is 28.7 Å². The molecule has 1 N–H and O–H groups in total. The summed E-state index contributed by atoms with van der Waals surface area (Å²) in [6.07, 6.45) is 9.08. The van der Waals surface area contributed by atoms with Crippen LogP contribution in [0.3, 0.4) is 0 Å². The summed E-state index contributed by atoms with van der Waals surface area (Å²) in [5, 5.41) is 0. The first-order valence-corrected chi connectivity index (χ1v) is 5.16. The molecule has 13 heavy (non-hydrogen) atoms. The Morgan fingerprint density at radius 2 is 2.08 bits per heavy atom. The minimum absolute atomic E-state index is 0.566. The summed E-state index contributed by atoms with van der Waals surface area (Å²) in [4.78, 5) is 7.30. The number of nitrogens with zero attached hydrogens (tertiary/aromatic N) is 1. The zero-order chi connectivity index (χ0) is 9.31. The highest BCUT2D eigenvalue weighted by molar-refractivity contribution is 5.05. The highest BCUT2D eigenvalue weighted by Gasteiger charge is 2.27. The second-order valence-corrected chi connectivity index (χ2v) is 4.95. The second-order valence-electron chi connectivity index (χ2n) is 4.95. The van der Waals surface area contributed by atoms with E-state index in [0.29, 0.717) is 5.41 Å². The summed E-state index contributed by atoms with van der Waals surface area (Å²) in [6, 6.07) is 0. The lowest BCUT2D eigenvalue weighted by molar-refractivity contribution is 0.223. The van der Waals surface area contributed by atoms with Crippen molar-refractivity contribution in [3.63, 3.8) is 0 Å². The minimum Gasteiger partial charge on any atom is -0.348 e. The zero-order valence-electron chi connectivity index (χ0n) is 8.51. The molecule has 1 aliphatic rings. The van der Waals surface area contributed by atoms with E-state index in [9.17, 15) is 0 Å². The first-order chi connectivity index (χ1) is 6.17. The van der Waals surface area contributed by atoms with E-state index in [4.69, 9.17) is 0 Å². The summed E-state index contributed by atoms with van der Waals surface area (Å²) in [6.45, 7) is 4.74. The molecule has 0 spiro atoms. The van der Waals surface area contributed by atoms with Crippen LogP contribution in [0.2, 0.25) is 0 Å². The van der Waals surface area contributed by atoms with Gasteiger partial charge in [0.25, 0.3) is 0 Å². The quantitative estimate of drug-likeness (QED) is 0.703. The van der Waals surface area contributed by atoms with Gasteiger partial charge in [0.15, 0.2) is 0 Å². The Labute approximate surface area is 79.8 Å². The number of hydrogen-bond acceptors (Lipinski definition) is 1. The third kappa shape index (κ3) is 1.93. The van der Waals surface area contributed by atoms with E-state index >= 15 is 0 Å². The molecule has 0 radical (unpaired) electrons. The van der Waals surface area contributed by atoms with Crippen LogP contribution in [0.1, 0.15) is 51.1 Å². The number of imidazole rings is 1. The van der Waals surface area contributed by atoms with Crippen molar-refractivity contribution in [2.75, 3.05) is 0 Å². The van der Waals surface area contributed by atoms with Gasteiger partial charge in [-0.2, -0.15) is 0 Å². The van der Waals surface area contributed by atoms with Crippen molar-refractivity contribution in [2.45, 2.75) is 45.4 Å². The molecule has 0 aliphatic heterocycles. The largest absolute Gasteiger partial charge is 0.348 e. The molecule has 0 unspecified atom stereocenters. The molecule has 1 fully saturated rings. The maximum Gasteiger partial charge on any atom is 0.0921 e. The van der Waals surface area contributed by atoms with Crippen LogP contribution in [-0.4, -0.2) is 9.97 Å². The normalized spacial score (nSPS) is 23.2. The van der Waals surface area contributed by atoms with Gasteiger partial charge >= 0.3 is 0 Å². The van der Waals surface area contributed by atoms with Gasteiger partial charge in [0.1, 0.15) is 0 Å². The number of aromatic amines is 1. The fourth-order valence-electron chi connectivity index (χ4n) is 2.20. The van der Waals surface area contributed by atoms with Gasteiger partial charge in [-0.1, -0.05) is 13.8 Å². The van der Waals surface area contributed by atoms with Crippen molar-refractivity contribution in [3.05, 3.63) is 18.2 Å². The third-order valence-corrected chi connectivity index (χ3v) is 3.30. The molecule has 1 saturated carbocycles. The molecule has 0 saturated heterocycles. The van der Waals surface area contributed by atoms with E-state index in [0.717, 1.165) is 5.92 Å². The van der Waals surface area contributed by atoms with Crippen molar-refractivity contribution < 1.29 is 0 Å². The molecule has 2 nitrogen and oxygen atoms in total. The van der Waals surface area contributed by atoms with Crippen molar-refractivity contribution in [2.24, 2.45) is 5.41 Å². The van der Waals surface area contributed by atoms with Crippen LogP contribution in [0.25, 0.3) is 0 Å². The second kappa shape index (κ2) is 3.17. The van der Waals surface area contributed by atoms with Crippen molar-refractivity contribution in [1.29, 1.82) is 0 Å². The van der Waals surface area contributed by atoms with E-state index in [-0.39, 0.29) is 0 Å². The Morgan fingerprint density at radius 3 is 2.62 bits per heavy atom. The molecule has 0 aromatic carbocycles. The van der Waals surface area contributed by atoms with Crippen LogP contribution >= 0.6 is 0 Å². The van der Waals surface area contributed by atoms with E-state index < -0.39 is 0 Å². The lowest BCUT2D eigenvalue weighted by Gasteiger charge is -2.33. The first kappa shape index (κ1) is 8.79. The van der Waals surface area contributed by atoms with Crippen molar-refractivity contribution in [3.8, 4) is 0 Å². The fourth-order valence-corrected chi connectivity index (χ4v) is 2.20. The van der Waals surface area contributed by atoms with Crippen LogP contribution in [0.4, 0.5) is 0 Å². The van der Waals surface area contributed by atoms with Crippen molar-refractivity contribution >= 4 is 0 Å². The molecular weight excluding hydrogens is 160 g/mol. The van der Waals surface area contributed by atoms with Gasteiger partial charge in [-0.25, -0.2) is 4.98 Å². The van der Waals surface area contributed by atoms with Gasteiger partial charge in [-0.3, -0.25) is 0 Å². The van der Waals surface area contributed by atoms with Crippen LogP contribution in [-0.2, 0) is 0 Å². The van der Waals surface area contributed by atoms with Gasteiger partial charge in [0, 0.05) is 17.8 Å². The highest BCUT2D eigenvalue weighted by Crippen LogP contribution is 2.41.